The fourth-order valence-electron chi connectivity index (χ4n) is 1.01. The standard InChI is InChI=1S/C9H10N2O3/c1-6(2)9-7(14-3)4-5-8(10-9)11(12)13/h4-5H,1H2,2-3H3. The van der Waals surface area contributed by atoms with Gasteiger partial charge in [0.2, 0.25) is 5.69 Å². The molecule has 0 radical (unpaired) electrons. The molecule has 0 spiro atoms. The number of ether oxygens (including phenoxy) is 1. The molecule has 0 aliphatic heterocycles. The molecule has 14 heavy (non-hydrogen) atoms. The van der Waals surface area contributed by atoms with Crippen LogP contribution in [0.3, 0.4) is 0 Å². The first kappa shape index (κ1) is 10.2. The highest BCUT2D eigenvalue weighted by Crippen LogP contribution is 2.24. The van der Waals surface area contributed by atoms with Crippen LogP contribution in [0.4, 0.5) is 5.82 Å². The molecule has 1 rings (SSSR count). The van der Waals surface area contributed by atoms with Gasteiger partial charge in [0, 0.05) is 6.07 Å². The maximum atomic E-state index is 10.4. The third kappa shape index (κ3) is 1.87. The second kappa shape index (κ2) is 3.87. The average molecular weight is 194 g/mol. The molecule has 0 amide bonds. The van der Waals surface area contributed by atoms with Crippen LogP contribution < -0.4 is 4.74 Å². The quantitative estimate of drug-likeness (QED) is 0.545. The summed E-state index contributed by atoms with van der Waals surface area (Å²) in [5.41, 5.74) is 1.05. The Morgan fingerprint density at radius 1 is 1.64 bits per heavy atom. The lowest BCUT2D eigenvalue weighted by Gasteiger charge is -2.02. The van der Waals surface area contributed by atoms with Crippen LogP contribution in [0.2, 0.25) is 0 Å². The predicted octanol–water partition coefficient (Wildman–Crippen LogP) is 2.03. The largest absolute Gasteiger partial charge is 0.492 e. The molecule has 0 unspecified atom stereocenters. The van der Waals surface area contributed by atoms with Crippen LogP contribution in [-0.4, -0.2) is 17.0 Å². The second-order valence-electron chi connectivity index (χ2n) is 2.76. The van der Waals surface area contributed by atoms with E-state index in [9.17, 15) is 10.1 Å². The molecule has 1 aromatic rings. The number of rotatable bonds is 3. The highest BCUT2D eigenvalue weighted by molar-refractivity contribution is 5.64. The SMILES string of the molecule is C=C(C)c1nc([N+](=O)[O-])ccc1OC. The van der Waals surface area contributed by atoms with Gasteiger partial charge in [-0.15, -0.1) is 0 Å². The van der Waals surface area contributed by atoms with E-state index < -0.39 is 4.92 Å². The van der Waals surface area contributed by atoms with Gasteiger partial charge in [-0.25, -0.2) is 0 Å². The van der Waals surface area contributed by atoms with Gasteiger partial charge in [-0.1, -0.05) is 6.58 Å². The Morgan fingerprint density at radius 3 is 2.71 bits per heavy atom. The number of hydrogen-bond donors (Lipinski definition) is 0. The molecule has 1 heterocycles. The van der Waals surface area contributed by atoms with E-state index in [4.69, 9.17) is 4.74 Å². The molecule has 5 nitrogen and oxygen atoms in total. The molecule has 0 atom stereocenters. The Bertz CT molecular complexity index is 388. The minimum Gasteiger partial charge on any atom is -0.492 e. The molecule has 5 heteroatoms. The van der Waals surface area contributed by atoms with Crippen LogP contribution in [0, 0.1) is 10.1 Å². The van der Waals surface area contributed by atoms with Crippen LogP contribution in [0.5, 0.6) is 5.75 Å². The monoisotopic (exact) mass is 194 g/mol. The van der Waals surface area contributed by atoms with Crippen molar-refractivity contribution in [3.8, 4) is 5.75 Å². The molecule has 0 fully saturated rings. The zero-order valence-electron chi connectivity index (χ0n) is 7.98. The van der Waals surface area contributed by atoms with Gasteiger partial charge >= 0.3 is 5.82 Å². The van der Waals surface area contributed by atoms with Gasteiger partial charge in [0.15, 0.2) is 5.75 Å². The van der Waals surface area contributed by atoms with E-state index in [0.717, 1.165) is 0 Å². The van der Waals surface area contributed by atoms with E-state index in [1.807, 2.05) is 0 Å². The van der Waals surface area contributed by atoms with Crippen molar-refractivity contribution in [1.82, 2.24) is 4.98 Å². The number of aromatic nitrogens is 1. The highest BCUT2D eigenvalue weighted by atomic mass is 16.6. The van der Waals surface area contributed by atoms with Gasteiger partial charge in [-0.3, -0.25) is 0 Å². The van der Waals surface area contributed by atoms with Crippen LogP contribution in [0.25, 0.3) is 5.57 Å². The summed E-state index contributed by atoms with van der Waals surface area (Å²) in [5, 5.41) is 10.4. The molecule has 0 saturated heterocycles. The van der Waals surface area contributed by atoms with E-state index in [1.165, 1.54) is 19.2 Å². The third-order valence-electron chi connectivity index (χ3n) is 1.65. The molecule has 0 N–H and O–H groups in total. The van der Waals surface area contributed by atoms with E-state index in [-0.39, 0.29) is 5.82 Å². The maximum Gasteiger partial charge on any atom is 0.364 e. The molecular formula is C9H10N2O3. The first-order chi connectivity index (χ1) is 6.56. The summed E-state index contributed by atoms with van der Waals surface area (Å²) >= 11 is 0. The summed E-state index contributed by atoms with van der Waals surface area (Å²) in [4.78, 5) is 13.7. The minimum atomic E-state index is -0.550. The molecule has 1 aromatic heterocycles. The topological polar surface area (TPSA) is 65.3 Å². The Hall–Kier alpha value is -1.91. The summed E-state index contributed by atoms with van der Waals surface area (Å²) < 4.78 is 5.00. The Balaban J connectivity index is 3.27. The summed E-state index contributed by atoms with van der Waals surface area (Å²) in [5.74, 6) is 0.284. The highest BCUT2D eigenvalue weighted by Gasteiger charge is 2.16. The Labute approximate surface area is 81.2 Å². The van der Waals surface area contributed by atoms with Crippen molar-refractivity contribution in [3.05, 3.63) is 34.5 Å². The molecule has 74 valence electrons. The third-order valence-corrected chi connectivity index (χ3v) is 1.65. The average Bonchev–Trinajstić information content (AvgIpc) is 2.16. The summed E-state index contributed by atoms with van der Waals surface area (Å²) in [6.07, 6.45) is 0. The van der Waals surface area contributed by atoms with E-state index >= 15 is 0 Å². The van der Waals surface area contributed by atoms with Crippen molar-refractivity contribution in [2.24, 2.45) is 0 Å². The first-order valence-electron chi connectivity index (χ1n) is 3.91. The first-order valence-corrected chi connectivity index (χ1v) is 3.91. The van der Waals surface area contributed by atoms with Crippen molar-refractivity contribution in [2.45, 2.75) is 6.92 Å². The van der Waals surface area contributed by atoms with Crippen molar-refractivity contribution in [3.63, 3.8) is 0 Å². The molecular weight excluding hydrogens is 184 g/mol. The number of pyridine rings is 1. The van der Waals surface area contributed by atoms with Gasteiger partial charge in [-0.2, -0.15) is 0 Å². The number of methoxy groups -OCH3 is 1. The zero-order chi connectivity index (χ0) is 10.7. The molecule has 0 saturated carbocycles. The smallest absolute Gasteiger partial charge is 0.364 e. The van der Waals surface area contributed by atoms with Gasteiger partial charge < -0.3 is 14.9 Å². The van der Waals surface area contributed by atoms with Crippen molar-refractivity contribution >= 4 is 11.4 Å². The van der Waals surface area contributed by atoms with E-state index in [1.54, 1.807) is 6.92 Å². The lowest BCUT2D eigenvalue weighted by molar-refractivity contribution is -0.389. The van der Waals surface area contributed by atoms with Gasteiger partial charge in [-0.05, 0) is 28.5 Å². The molecule has 0 aliphatic carbocycles. The second-order valence-corrected chi connectivity index (χ2v) is 2.76. The minimum absolute atomic E-state index is 0.205. The van der Waals surface area contributed by atoms with E-state index in [2.05, 4.69) is 11.6 Å². The number of nitro groups is 1. The fraction of sp³-hybridized carbons (Fsp3) is 0.222. The Morgan fingerprint density at radius 2 is 2.29 bits per heavy atom. The van der Waals surface area contributed by atoms with Gasteiger partial charge in [0.1, 0.15) is 0 Å². The van der Waals surface area contributed by atoms with Crippen molar-refractivity contribution < 1.29 is 9.66 Å². The van der Waals surface area contributed by atoms with Crippen LogP contribution >= 0.6 is 0 Å². The van der Waals surface area contributed by atoms with Crippen molar-refractivity contribution in [2.75, 3.05) is 7.11 Å². The predicted molar refractivity (Wildman–Crippen MR) is 52.2 cm³/mol. The fourth-order valence-corrected chi connectivity index (χ4v) is 1.01. The molecule has 0 aliphatic rings. The number of nitrogens with zero attached hydrogens (tertiary/aromatic N) is 2. The van der Waals surface area contributed by atoms with Crippen molar-refractivity contribution in [1.29, 1.82) is 0 Å². The van der Waals surface area contributed by atoms with Crippen LogP contribution in [0.15, 0.2) is 18.7 Å². The maximum absolute atomic E-state index is 10.4. The van der Waals surface area contributed by atoms with Crippen LogP contribution in [0.1, 0.15) is 12.6 Å². The molecule has 0 aromatic carbocycles. The van der Waals surface area contributed by atoms with Crippen LogP contribution in [-0.2, 0) is 0 Å². The lowest BCUT2D eigenvalue weighted by Crippen LogP contribution is -1.98. The summed E-state index contributed by atoms with van der Waals surface area (Å²) in [6, 6.07) is 2.81. The van der Waals surface area contributed by atoms with Gasteiger partial charge in [0.25, 0.3) is 0 Å². The number of allylic oxidation sites excluding steroid dienone is 1. The lowest BCUT2D eigenvalue weighted by atomic mass is 10.2. The zero-order valence-corrected chi connectivity index (χ0v) is 7.98. The van der Waals surface area contributed by atoms with Gasteiger partial charge in [0.05, 0.1) is 7.11 Å². The summed E-state index contributed by atoms with van der Waals surface area (Å²) in [7, 11) is 1.48. The van der Waals surface area contributed by atoms with E-state index in [0.29, 0.717) is 17.0 Å². The number of hydrogen-bond acceptors (Lipinski definition) is 4. The Kier molecular flexibility index (Phi) is 2.81. The molecule has 0 bridgehead atoms. The normalized spacial score (nSPS) is 9.57. The summed E-state index contributed by atoms with van der Waals surface area (Å²) in [6.45, 7) is 5.39.